The van der Waals surface area contributed by atoms with Gasteiger partial charge >= 0.3 is 0 Å². The first-order valence-electron chi connectivity index (χ1n) is 6.83. The van der Waals surface area contributed by atoms with Crippen LogP contribution in [0.1, 0.15) is 30.4 Å². The normalized spacial score (nSPS) is 10.8. The summed E-state index contributed by atoms with van der Waals surface area (Å²) >= 11 is 0. The SMILES string of the molecule is CCCNCc1ccc(Oc2c(C)nn(C)c2C)nn1. The Kier molecular flexibility index (Phi) is 4.68. The van der Waals surface area contributed by atoms with Crippen LogP contribution in [-0.4, -0.2) is 26.5 Å². The van der Waals surface area contributed by atoms with Gasteiger partial charge in [-0.05, 0) is 32.9 Å². The lowest BCUT2D eigenvalue weighted by molar-refractivity contribution is 0.446. The molecule has 2 aromatic rings. The van der Waals surface area contributed by atoms with Gasteiger partial charge in [-0.3, -0.25) is 4.68 Å². The van der Waals surface area contributed by atoms with Crippen LogP contribution in [0, 0.1) is 13.8 Å². The molecule has 0 saturated carbocycles. The van der Waals surface area contributed by atoms with E-state index < -0.39 is 0 Å². The van der Waals surface area contributed by atoms with Crippen molar-refractivity contribution in [2.24, 2.45) is 7.05 Å². The Morgan fingerprint density at radius 1 is 1.25 bits per heavy atom. The molecule has 0 aliphatic rings. The Morgan fingerprint density at radius 2 is 2.05 bits per heavy atom. The predicted octanol–water partition coefficient (Wildman–Crippen LogP) is 2.12. The molecule has 108 valence electrons. The molecule has 0 spiro atoms. The number of hydrogen-bond acceptors (Lipinski definition) is 5. The van der Waals surface area contributed by atoms with Crippen LogP contribution in [-0.2, 0) is 13.6 Å². The molecule has 6 nitrogen and oxygen atoms in total. The molecule has 2 aromatic heterocycles. The van der Waals surface area contributed by atoms with Crippen molar-refractivity contribution in [1.82, 2.24) is 25.3 Å². The third-order valence-electron chi connectivity index (χ3n) is 3.08. The highest BCUT2D eigenvalue weighted by atomic mass is 16.5. The van der Waals surface area contributed by atoms with Gasteiger partial charge < -0.3 is 10.1 Å². The van der Waals surface area contributed by atoms with Gasteiger partial charge in [0.15, 0.2) is 5.75 Å². The van der Waals surface area contributed by atoms with Gasteiger partial charge in [0.1, 0.15) is 5.69 Å². The second-order valence-corrected chi connectivity index (χ2v) is 4.77. The maximum atomic E-state index is 5.76. The van der Waals surface area contributed by atoms with E-state index in [4.69, 9.17) is 4.74 Å². The van der Waals surface area contributed by atoms with Gasteiger partial charge in [-0.15, -0.1) is 5.10 Å². The van der Waals surface area contributed by atoms with E-state index in [0.717, 1.165) is 42.3 Å². The number of rotatable bonds is 6. The summed E-state index contributed by atoms with van der Waals surface area (Å²) in [4.78, 5) is 0. The Balaban J connectivity index is 2.03. The van der Waals surface area contributed by atoms with E-state index in [9.17, 15) is 0 Å². The molecule has 0 amide bonds. The molecular weight excluding hydrogens is 254 g/mol. The van der Waals surface area contributed by atoms with Crippen molar-refractivity contribution in [3.63, 3.8) is 0 Å². The minimum atomic E-state index is 0.489. The van der Waals surface area contributed by atoms with Gasteiger partial charge in [-0.25, -0.2) is 0 Å². The van der Waals surface area contributed by atoms with Crippen molar-refractivity contribution in [1.29, 1.82) is 0 Å². The van der Waals surface area contributed by atoms with Gasteiger partial charge in [0.05, 0.1) is 11.4 Å². The highest BCUT2D eigenvalue weighted by Gasteiger charge is 2.12. The van der Waals surface area contributed by atoms with E-state index >= 15 is 0 Å². The Hall–Kier alpha value is -1.95. The van der Waals surface area contributed by atoms with Crippen LogP contribution in [0.5, 0.6) is 11.6 Å². The molecule has 2 heterocycles. The maximum absolute atomic E-state index is 5.76. The van der Waals surface area contributed by atoms with Gasteiger partial charge in [-0.2, -0.15) is 10.2 Å². The summed E-state index contributed by atoms with van der Waals surface area (Å²) in [5.41, 5.74) is 2.73. The number of ether oxygens (including phenoxy) is 1. The van der Waals surface area contributed by atoms with Crippen molar-refractivity contribution in [3.8, 4) is 11.6 Å². The molecule has 0 atom stereocenters. The van der Waals surface area contributed by atoms with Crippen LogP contribution in [0.15, 0.2) is 12.1 Å². The lowest BCUT2D eigenvalue weighted by Gasteiger charge is -2.05. The summed E-state index contributed by atoms with van der Waals surface area (Å²) < 4.78 is 7.56. The minimum Gasteiger partial charge on any atom is -0.434 e. The maximum Gasteiger partial charge on any atom is 0.239 e. The highest BCUT2D eigenvalue weighted by molar-refractivity contribution is 5.35. The average Bonchev–Trinajstić information content (AvgIpc) is 2.67. The zero-order valence-electron chi connectivity index (χ0n) is 12.5. The first-order valence-corrected chi connectivity index (χ1v) is 6.83. The molecule has 0 aromatic carbocycles. The predicted molar refractivity (Wildman–Crippen MR) is 76.8 cm³/mol. The standard InChI is InChI=1S/C14H21N5O/c1-5-8-15-9-12-6-7-13(17-16-12)20-14-10(2)18-19(4)11(14)3/h6-7,15H,5,8-9H2,1-4H3. The largest absolute Gasteiger partial charge is 0.434 e. The van der Waals surface area contributed by atoms with E-state index in [2.05, 4.69) is 27.5 Å². The van der Waals surface area contributed by atoms with Gasteiger partial charge in [0.2, 0.25) is 5.88 Å². The Bertz CT molecular complexity index is 562. The highest BCUT2D eigenvalue weighted by Crippen LogP contribution is 2.26. The Labute approximate surface area is 119 Å². The quantitative estimate of drug-likeness (QED) is 0.818. The second-order valence-electron chi connectivity index (χ2n) is 4.77. The summed E-state index contributed by atoms with van der Waals surface area (Å²) in [5, 5.41) is 15.8. The molecule has 0 radical (unpaired) electrons. The van der Waals surface area contributed by atoms with Crippen LogP contribution in [0.25, 0.3) is 0 Å². The van der Waals surface area contributed by atoms with Crippen LogP contribution < -0.4 is 10.1 Å². The molecule has 0 bridgehead atoms. The second kappa shape index (κ2) is 6.47. The lowest BCUT2D eigenvalue weighted by atomic mass is 10.3. The van der Waals surface area contributed by atoms with Crippen molar-refractivity contribution in [2.45, 2.75) is 33.7 Å². The van der Waals surface area contributed by atoms with E-state index in [-0.39, 0.29) is 0 Å². The number of aromatic nitrogens is 4. The molecule has 0 unspecified atom stereocenters. The van der Waals surface area contributed by atoms with Crippen molar-refractivity contribution >= 4 is 0 Å². The topological polar surface area (TPSA) is 64.9 Å². The van der Waals surface area contributed by atoms with Gasteiger partial charge in [0.25, 0.3) is 0 Å². The molecule has 0 aliphatic heterocycles. The number of aryl methyl sites for hydroxylation is 2. The molecule has 0 aliphatic carbocycles. The molecule has 2 rings (SSSR count). The lowest BCUT2D eigenvalue weighted by Crippen LogP contribution is -2.15. The van der Waals surface area contributed by atoms with Gasteiger partial charge in [-0.1, -0.05) is 6.92 Å². The molecule has 20 heavy (non-hydrogen) atoms. The van der Waals surface area contributed by atoms with E-state index in [0.29, 0.717) is 5.88 Å². The summed E-state index contributed by atoms with van der Waals surface area (Å²) in [6, 6.07) is 3.76. The van der Waals surface area contributed by atoms with Crippen LogP contribution in [0.3, 0.4) is 0 Å². The van der Waals surface area contributed by atoms with Gasteiger partial charge in [0, 0.05) is 19.7 Å². The summed E-state index contributed by atoms with van der Waals surface area (Å²) in [6.45, 7) is 7.72. The van der Waals surface area contributed by atoms with Crippen molar-refractivity contribution in [2.75, 3.05) is 6.54 Å². The molecular formula is C14H21N5O. The van der Waals surface area contributed by atoms with Crippen LogP contribution in [0.2, 0.25) is 0 Å². The first kappa shape index (κ1) is 14.5. The average molecular weight is 275 g/mol. The summed E-state index contributed by atoms with van der Waals surface area (Å²) in [7, 11) is 1.89. The van der Waals surface area contributed by atoms with Crippen LogP contribution in [0.4, 0.5) is 0 Å². The fourth-order valence-corrected chi connectivity index (χ4v) is 1.90. The molecule has 6 heteroatoms. The van der Waals surface area contributed by atoms with E-state index in [1.165, 1.54) is 0 Å². The summed E-state index contributed by atoms with van der Waals surface area (Å²) in [5.74, 6) is 1.24. The zero-order valence-corrected chi connectivity index (χ0v) is 12.5. The van der Waals surface area contributed by atoms with Crippen LogP contribution >= 0.6 is 0 Å². The van der Waals surface area contributed by atoms with E-state index in [1.54, 1.807) is 4.68 Å². The first-order chi connectivity index (χ1) is 9.61. The third kappa shape index (κ3) is 3.33. The fourth-order valence-electron chi connectivity index (χ4n) is 1.90. The summed E-state index contributed by atoms with van der Waals surface area (Å²) in [6.07, 6.45) is 1.11. The zero-order chi connectivity index (χ0) is 14.5. The van der Waals surface area contributed by atoms with Crippen molar-refractivity contribution < 1.29 is 4.74 Å². The number of nitrogens with zero attached hydrogens (tertiary/aromatic N) is 4. The minimum absolute atomic E-state index is 0.489. The Morgan fingerprint density at radius 3 is 2.60 bits per heavy atom. The fraction of sp³-hybridized carbons (Fsp3) is 0.500. The van der Waals surface area contributed by atoms with Crippen molar-refractivity contribution in [3.05, 3.63) is 29.2 Å². The third-order valence-corrected chi connectivity index (χ3v) is 3.08. The molecule has 1 N–H and O–H groups in total. The molecule has 0 saturated heterocycles. The monoisotopic (exact) mass is 275 g/mol. The van der Waals surface area contributed by atoms with E-state index in [1.807, 2.05) is 33.0 Å². The molecule has 0 fully saturated rings. The smallest absolute Gasteiger partial charge is 0.239 e. The number of hydrogen-bond donors (Lipinski definition) is 1. The number of nitrogens with one attached hydrogen (secondary N) is 1.